The van der Waals surface area contributed by atoms with Gasteiger partial charge in [0.1, 0.15) is 12.4 Å². The molecule has 1 amide bonds. The number of anilines is 1. The van der Waals surface area contributed by atoms with Gasteiger partial charge in [-0.3, -0.25) is 9.52 Å². The number of aryl methyl sites for hydroxylation is 3. The van der Waals surface area contributed by atoms with Gasteiger partial charge in [-0.15, -0.1) is 0 Å². The fourth-order valence-electron chi connectivity index (χ4n) is 3.17. The van der Waals surface area contributed by atoms with Crippen LogP contribution in [-0.4, -0.2) is 27.5 Å². The highest BCUT2D eigenvalue weighted by molar-refractivity contribution is 7.92. The number of amides is 1. The summed E-state index contributed by atoms with van der Waals surface area (Å²) in [5, 5.41) is 2.78. The molecular formula is C25H28N2O4S. The molecule has 0 unspecified atom stereocenters. The Kier molecular flexibility index (Phi) is 7.20. The lowest BCUT2D eigenvalue weighted by Gasteiger charge is -2.13. The van der Waals surface area contributed by atoms with Crippen molar-refractivity contribution in [2.75, 3.05) is 17.9 Å². The summed E-state index contributed by atoms with van der Waals surface area (Å²) in [6.45, 7) is 8.23. The Balaban J connectivity index is 1.65. The Hall–Kier alpha value is -3.32. The van der Waals surface area contributed by atoms with E-state index in [-0.39, 0.29) is 16.4 Å². The first-order chi connectivity index (χ1) is 15.2. The van der Waals surface area contributed by atoms with Crippen LogP contribution >= 0.6 is 0 Å². The molecule has 6 nitrogen and oxygen atoms in total. The standard InChI is InChI=1S/C25H28N2O4S/c1-17-8-12-22(13-9-17)27-32(29,30)24-16-21(11-10-19(24)3)25(28)26-14-15-31-23-7-5-6-18(2)20(23)4/h5-13,16,27H,14-15H2,1-4H3,(H,26,28). The zero-order valence-corrected chi connectivity index (χ0v) is 19.5. The second-order valence-corrected chi connectivity index (χ2v) is 9.41. The van der Waals surface area contributed by atoms with Crippen LogP contribution in [0, 0.1) is 27.7 Å². The molecular weight excluding hydrogens is 424 g/mol. The van der Waals surface area contributed by atoms with Gasteiger partial charge in [-0.2, -0.15) is 0 Å². The Labute approximate surface area is 189 Å². The minimum absolute atomic E-state index is 0.0670. The first kappa shape index (κ1) is 23.3. The van der Waals surface area contributed by atoms with E-state index in [0.717, 1.165) is 22.4 Å². The molecule has 0 aliphatic rings. The van der Waals surface area contributed by atoms with Gasteiger partial charge in [-0.25, -0.2) is 8.42 Å². The zero-order chi connectivity index (χ0) is 23.3. The third kappa shape index (κ3) is 5.68. The smallest absolute Gasteiger partial charge is 0.262 e. The average Bonchev–Trinajstić information content (AvgIpc) is 2.75. The van der Waals surface area contributed by atoms with E-state index < -0.39 is 10.0 Å². The normalized spacial score (nSPS) is 11.1. The number of carbonyl (C=O) groups excluding carboxylic acids is 1. The van der Waals surface area contributed by atoms with Crippen molar-refractivity contribution in [1.82, 2.24) is 5.32 Å². The molecule has 0 bridgehead atoms. The molecule has 32 heavy (non-hydrogen) atoms. The number of ether oxygens (including phenoxy) is 1. The molecule has 0 fully saturated rings. The van der Waals surface area contributed by atoms with Crippen molar-refractivity contribution in [2.24, 2.45) is 0 Å². The number of hydrogen-bond acceptors (Lipinski definition) is 4. The summed E-state index contributed by atoms with van der Waals surface area (Å²) in [5.41, 5.74) is 4.52. The van der Waals surface area contributed by atoms with E-state index in [1.165, 1.54) is 6.07 Å². The molecule has 0 saturated carbocycles. The van der Waals surface area contributed by atoms with Crippen molar-refractivity contribution in [2.45, 2.75) is 32.6 Å². The largest absolute Gasteiger partial charge is 0.491 e. The van der Waals surface area contributed by atoms with Crippen LogP contribution in [0.15, 0.2) is 65.6 Å². The summed E-state index contributed by atoms with van der Waals surface area (Å²) in [4.78, 5) is 12.6. The lowest BCUT2D eigenvalue weighted by atomic mass is 10.1. The third-order valence-electron chi connectivity index (χ3n) is 5.24. The maximum atomic E-state index is 12.9. The third-order valence-corrected chi connectivity index (χ3v) is 6.77. The second kappa shape index (κ2) is 9.87. The number of sulfonamides is 1. The van der Waals surface area contributed by atoms with Crippen molar-refractivity contribution in [1.29, 1.82) is 0 Å². The molecule has 0 saturated heterocycles. The lowest BCUT2D eigenvalue weighted by molar-refractivity contribution is 0.0946. The molecule has 7 heteroatoms. The van der Waals surface area contributed by atoms with Gasteiger partial charge in [0.2, 0.25) is 0 Å². The summed E-state index contributed by atoms with van der Waals surface area (Å²) in [5.74, 6) is 0.423. The van der Waals surface area contributed by atoms with E-state index in [2.05, 4.69) is 10.0 Å². The summed E-state index contributed by atoms with van der Waals surface area (Å²) >= 11 is 0. The van der Waals surface area contributed by atoms with Crippen LogP contribution in [-0.2, 0) is 10.0 Å². The maximum Gasteiger partial charge on any atom is 0.262 e. The highest BCUT2D eigenvalue weighted by Crippen LogP contribution is 2.22. The number of carbonyl (C=O) groups is 1. The van der Waals surface area contributed by atoms with Gasteiger partial charge in [0, 0.05) is 11.3 Å². The van der Waals surface area contributed by atoms with E-state index in [9.17, 15) is 13.2 Å². The Bertz CT molecular complexity index is 1220. The summed E-state index contributed by atoms with van der Waals surface area (Å²) < 4.78 is 34.1. The van der Waals surface area contributed by atoms with Gasteiger partial charge < -0.3 is 10.1 Å². The van der Waals surface area contributed by atoms with Gasteiger partial charge in [-0.1, -0.05) is 35.9 Å². The molecule has 0 radical (unpaired) electrons. The van der Waals surface area contributed by atoms with Crippen LogP contribution in [0.5, 0.6) is 5.75 Å². The van der Waals surface area contributed by atoms with E-state index in [0.29, 0.717) is 24.4 Å². The molecule has 3 rings (SSSR count). The molecule has 0 spiro atoms. The second-order valence-electron chi connectivity index (χ2n) is 7.75. The molecule has 3 aromatic rings. The van der Waals surface area contributed by atoms with Crippen LogP contribution < -0.4 is 14.8 Å². The fraction of sp³-hybridized carbons (Fsp3) is 0.240. The zero-order valence-electron chi connectivity index (χ0n) is 18.7. The van der Waals surface area contributed by atoms with Crippen molar-refractivity contribution >= 4 is 21.6 Å². The van der Waals surface area contributed by atoms with E-state index in [1.807, 2.05) is 51.1 Å². The summed E-state index contributed by atoms with van der Waals surface area (Å²) in [6, 6.07) is 17.5. The van der Waals surface area contributed by atoms with E-state index in [1.54, 1.807) is 31.2 Å². The van der Waals surface area contributed by atoms with Gasteiger partial charge in [0.25, 0.3) is 15.9 Å². The molecule has 0 aliphatic carbocycles. The highest BCUT2D eigenvalue weighted by Gasteiger charge is 2.19. The molecule has 0 atom stereocenters. The fourth-order valence-corrected chi connectivity index (χ4v) is 4.50. The minimum atomic E-state index is -3.84. The molecule has 2 N–H and O–H groups in total. The van der Waals surface area contributed by atoms with Crippen LogP contribution in [0.1, 0.15) is 32.6 Å². The number of rotatable bonds is 8. The number of hydrogen-bond donors (Lipinski definition) is 2. The molecule has 0 aliphatic heterocycles. The SMILES string of the molecule is Cc1ccc(NS(=O)(=O)c2cc(C(=O)NCCOc3cccc(C)c3C)ccc2C)cc1. The van der Waals surface area contributed by atoms with Crippen molar-refractivity contribution in [3.05, 3.63) is 88.5 Å². The van der Waals surface area contributed by atoms with Crippen molar-refractivity contribution < 1.29 is 17.9 Å². The van der Waals surface area contributed by atoms with E-state index in [4.69, 9.17) is 4.74 Å². The predicted octanol–water partition coefficient (Wildman–Crippen LogP) is 4.53. The van der Waals surface area contributed by atoms with Gasteiger partial charge in [0.15, 0.2) is 0 Å². The highest BCUT2D eigenvalue weighted by atomic mass is 32.2. The average molecular weight is 453 g/mol. The maximum absolute atomic E-state index is 12.9. The minimum Gasteiger partial charge on any atom is -0.491 e. The number of benzene rings is 3. The van der Waals surface area contributed by atoms with Gasteiger partial charge in [-0.05, 0) is 74.7 Å². The molecule has 0 aromatic heterocycles. The first-order valence-electron chi connectivity index (χ1n) is 10.3. The van der Waals surface area contributed by atoms with Crippen LogP contribution in [0.25, 0.3) is 0 Å². The Morgan fingerprint density at radius 3 is 2.34 bits per heavy atom. The topological polar surface area (TPSA) is 84.5 Å². The van der Waals surface area contributed by atoms with Gasteiger partial charge >= 0.3 is 0 Å². The number of nitrogens with one attached hydrogen (secondary N) is 2. The van der Waals surface area contributed by atoms with Crippen LogP contribution in [0.4, 0.5) is 5.69 Å². The van der Waals surface area contributed by atoms with Crippen LogP contribution in [0.2, 0.25) is 0 Å². The van der Waals surface area contributed by atoms with E-state index >= 15 is 0 Å². The molecule has 3 aromatic carbocycles. The molecule has 168 valence electrons. The molecule has 0 heterocycles. The Morgan fingerprint density at radius 2 is 1.62 bits per heavy atom. The summed E-state index contributed by atoms with van der Waals surface area (Å²) in [7, 11) is -3.84. The van der Waals surface area contributed by atoms with Crippen molar-refractivity contribution in [3.8, 4) is 5.75 Å². The quantitative estimate of drug-likeness (QED) is 0.492. The van der Waals surface area contributed by atoms with Gasteiger partial charge in [0.05, 0.1) is 11.4 Å². The van der Waals surface area contributed by atoms with Crippen molar-refractivity contribution in [3.63, 3.8) is 0 Å². The monoisotopic (exact) mass is 452 g/mol. The first-order valence-corrected chi connectivity index (χ1v) is 11.8. The lowest BCUT2D eigenvalue weighted by Crippen LogP contribution is -2.28. The van der Waals surface area contributed by atoms with Crippen LogP contribution in [0.3, 0.4) is 0 Å². The summed E-state index contributed by atoms with van der Waals surface area (Å²) in [6.07, 6.45) is 0. The predicted molar refractivity (Wildman–Crippen MR) is 127 cm³/mol. The Morgan fingerprint density at radius 1 is 0.906 bits per heavy atom.